The molecule has 3 aromatic rings. The Morgan fingerprint density at radius 1 is 1.12 bits per heavy atom. The third-order valence-electron chi connectivity index (χ3n) is 4.28. The van der Waals surface area contributed by atoms with Gasteiger partial charge in [0.25, 0.3) is 0 Å². The number of halogens is 4. The SMILES string of the molecule is COc1cc2[nH]c(C)c(-c3ccc(C(F)(F)F)cc3C)c(=O)c2cc1Cl. The van der Waals surface area contributed by atoms with Crippen LogP contribution in [0.25, 0.3) is 22.0 Å². The molecule has 0 spiro atoms. The lowest BCUT2D eigenvalue weighted by atomic mass is 9.95. The zero-order valence-corrected chi connectivity index (χ0v) is 15.0. The van der Waals surface area contributed by atoms with Crippen LogP contribution in [0.15, 0.2) is 35.1 Å². The van der Waals surface area contributed by atoms with E-state index in [1.165, 1.54) is 19.2 Å². The van der Waals surface area contributed by atoms with Gasteiger partial charge in [0.1, 0.15) is 5.75 Å². The Bertz CT molecular complexity index is 1070. The second kappa shape index (κ2) is 6.36. The van der Waals surface area contributed by atoms with E-state index in [0.29, 0.717) is 39.0 Å². The Labute approximate surface area is 152 Å². The number of H-pyrrole nitrogens is 1. The van der Waals surface area contributed by atoms with Gasteiger partial charge in [0.15, 0.2) is 5.43 Å². The molecule has 0 unspecified atom stereocenters. The predicted octanol–water partition coefficient (Wildman–Crippen LogP) is 5.49. The summed E-state index contributed by atoms with van der Waals surface area (Å²) in [6.45, 7) is 3.25. The first-order chi connectivity index (χ1) is 12.1. The smallest absolute Gasteiger partial charge is 0.416 e. The van der Waals surface area contributed by atoms with Gasteiger partial charge in [-0.3, -0.25) is 4.79 Å². The molecule has 0 aliphatic heterocycles. The van der Waals surface area contributed by atoms with Crippen LogP contribution in [0, 0.1) is 13.8 Å². The second-order valence-corrected chi connectivity index (χ2v) is 6.42. The maximum absolute atomic E-state index is 13.0. The van der Waals surface area contributed by atoms with E-state index in [9.17, 15) is 18.0 Å². The highest BCUT2D eigenvalue weighted by Gasteiger charge is 2.31. The highest BCUT2D eigenvalue weighted by molar-refractivity contribution is 6.32. The Kier molecular flexibility index (Phi) is 4.48. The van der Waals surface area contributed by atoms with Crippen LogP contribution in [0.1, 0.15) is 16.8 Å². The average Bonchev–Trinajstić information content (AvgIpc) is 2.55. The fourth-order valence-electron chi connectivity index (χ4n) is 3.02. The molecule has 1 N–H and O–H groups in total. The van der Waals surface area contributed by atoms with E-state index in [1.807, 2.05) is 0 Å². The molecular weight excluding hydrogens is 367 g/mol. The predicted molar refractivity (Wildman–Crippen MR) is 96.0 cm³/mol. The minimum Gasteiger partial charge on any atom is -0.495 e. The topological polar surface area (TPSA) is 42.1 Å². The van der Waals surface area contributed by atoms with E-state index < -0.39 is 11.7 Å². The molecule has 0 saturated carbocycles. The van der Waals surface area contributed by atoms with Gasteiger partial charge in [-0.1, -0.05) is 17.7 Å². The van der Waals surface area contributed by atoms with Crippen molar-refractivity contribution in [1.82, 2.24) is 4.98 Å². The molecule has 0 atom stereocenters. The van der Waals surface area contributed by atoms with E-state index in [1.54, 1.807) is 19.9 Å². The molecule has 0 bridgehead atoms. The lowest BCUT2D eigenvalue weighted by molar-refractivity contribution is -0.137. The van der Waals surface area contributed by atoms with Crippen molar-refractivity contribution in [3.05, 3.63) is 62.4 Å². The fourth-order valence-corrected chi connectivity index (χ4v) is 3.26. The number of aromatic nitrogens is 1. The number of hydrogen-bond donors (Lipinski definition) is 1. The summed E-state index contributed by atoms with van der Waals surface area (Å²) in [6, 6.07) is 6.46. The standard InChI is InChI=1S/C19H15ClF3NO2/c1-9-6-11(19(21,22)23)4-5-12(9)17-10(2)24-15-8-16(26-3)14(20)7-13(15)18(17)25/h4-8H,1-3H3,(H,24,25). The van der Waals surface area contributed by atoms with Crippen LogP contribution in [-0.4, -0.2) is 12.1 Å². The lowest BCUT2D eigenvalue weighted by Gasteiger charge is -2.14. The summed E-state index contributed by atoms with van der Waals surface area (Å²) in [5.41, 5.74) is 1.18. The van der Waals surface area contributed by atoms with Gasteiger partial charge in [-0.2, -0.15) is 13.2 Å². The van der Waals surface area contributed by atoms with Crippen molar-refractivity contribution in [1.29, 1.82) is 0 Å². The van der Waals surface area contributed by atoms with Crippen LogP contribution >= 0.6 is 11.6 Å². The summed E-state index contributed by atoms with van der Waals surface area (Å²) in [7, 11) is 1.47. The Balaban J connectivity index is 2.28. The molecular formula is C19H15ClF3NO2. The number of benzene rings is 2. The fraction of sp³-hybridized carbons (Fsp3) is 0.211. The van der Waals surface area contributed by atoms with Gasteiger partial charge in [0.05, 0.1) is 23.2 Å². The zero-order valence-electron chi connectivity index (χ0n) is 14.2. The highest BCUT2D eigenvalue weighted by atomic mass is 35.5. The first kappa shape index (κ1) is 18.3. The first-order valence-corrected chi connectivity index (χ1v) is 8.09. The number of rotatable bonds is 2. The summed E-state index contributed by atoms with van der Waals surface area (Å²) in [5.74, 6) is 0.424. The number of ether oxygens (including phenoxy) is 1. The summed E-state index contributed by atoms with van der Waals surface area (Å²) in [6.07, 6.45) is -4.43. The lowest BCUT2D eigenvalue weighted by Crippen LogP contribution is -2.11. The Morgan fingerprint density at radius 2 is 1.81 bits per heavy atom. The largest absolute Gasteiger partial charge is 0.495 e. The van der Waals surface area contributed by atoms with Crippen molar-refractivity contribution in [2.75, 3.05) is 7.11 Å². The first-order valence-electron chi connectivity index (χ1n) is 7.72. The van der Waals surface area contributed by atoms with Crippen LogP contribution in [0.3, 0.4) is 0 Å². The van der Waals surface area contributed by atoms with E-state index >= 15 is 0 Å². The summed E-state index contributed by atoms with van der Waals surface area (Å²) in [4.78, 5) is 16.1. The van der Waals surface area contributed by atoms with Gasteiger partial charge in [-0.15, -0.1) is 0 Å². The summed E-state index contributed by atoms with van der Waals surface area (Å²) >= 11 is 6.11. The molecule has 0 aliphatic carbocycles. The number of hydrogen-bond acceptors (Lipinski definition) is 2. The number of fused-ring (bicyclic) bond motifs is 1. The maximum Gasteiger partial charge on any atom is 0.416 e. The minimum atomic E-state index is -4.43. The van der Waals surface area contributed by atoms with Crippen molar-refractivity contribution in [3.63, 3.8) is 0 Å². The third kappa shape index (κ3) is 3.05. The van der Waals surface area contributed by atoms with Crippen molar-refractivity contribution < 1.29 is 17.9 Å². The maximum atomic E-state index is 13.0. The molecule has 2 aromatic carbocycles. The van der Waals surface area contributed by atoms with E-state index in [-0.39, 0.29) is 10.5 Å². The normalized spacial score (nSPS) is 11.8. The van der Waals surface area contributed by atoms with Gasteiger partial charge in [-0.25, -0.2) is 0 Å². The molecule has 0 radical (unpaired) electrons. The highest BCUT2D eigenvalue weighted by Crippen LogP contribution is 2.34. The number of alkyl halides is 3. The molecule has 0 amide bonds. The van der Waals surface area contributed by atoms with Gasteiger partial charge in [0.2, 0.25) is 0 Å². The van der Waals surface area contributed by atoms with Crippen molar-refractivity contribution >= 4 is 22.5 Å². The van der Waals surface area contributed by atoms with Gasteiger partial charge in [0, 0.05) is 22.7 Å². The van der Waals surface area contributed by atoms with E-state index in [4.69, 9.17) is 16.3 Å². The van der Waals surface area contributed by atoms with Gasteiger partial charge in [-0.05, 0) is 43.2 Å². The molecule has 0 aliphatic rings. The molecule has 3 rings (SSSR count). The van der Waals surface area contributed by atoms with Crippen LogP contribution in [-0.2, 0) is 6.18 Å². The number of aryl methyl sites for hydroxylation is 2. The Hall–Kier alpha value is -2.47. The van der Waals surface area contributed by atoms with Crippen molar-refractivity contribution in [3.8, 4) is 16.9 Å². The number of aromatic amines is 1. The molecule has 7 heteroatoms. The number of methoxy groups -OCH3 is 1. The van der Waals surface area contributed by atoms with Gasteiger partial charge >= 0.3 is 6.18 Å². The summed E-state index contributed by atoms with van der Waals surface area (Å²) < 4.78 is 43.8. The molecule has 3 nitrogen and oxygen atoms in total. The zero-order chi connectivity index (χ0) is 19.2. The van der Waals surface area contributed by atoms with E-state index in [2.05, 4.69) is 4.98 Å². The van der Waals surface area contributed by atoms with E-state index in [0.717, 1.165) is 12.1 Å². The third-order valence-corrected chi connectivity index (χ3v) is 4.58. The molecule has 0 saturated heterocycles. The van der Waals surface area contributed by atoms with Crippen LogP contribution in [0.2, 0.25) is 5.02 Å². The van der Waals surface area contributed by atoms with Crippen molar-refractivity contribution in [2.24, 2.45) is 0 Å². The molecule has 1 heterocycles. The van der Waals surface area contributed by atoms with Crippen molar-refractivity contribution in [2.45, 2.75) is 20.0 Å². The van der Waals surface area contributed by atoms with Crippen LogP contribution < -0.4 is 10.2 Å². The average molecular weight is 382 g/mol. The summed E-state index contributed by atoms with van der Waals surface area (Å²) in [5, 5.41) is 0.625. The van der Waals surface area contributed by atoms with Gasteiger partial charge < -0.3 is 9.72 Å². The monoisotopic (exact) mass is 381 g/mol. The Morgan fingerprint density at radius 3 is 2.38 bits per heavy atom. The quantitative estimate of drug-likeness (QED) is 0.637. The van der Waals surface area contributed by atoms with Crippen LogP contribution in [0.4, 0.5) is 13.2 Å². The number of nitrogens with one attached hydrogen (secondary N) is 1. The second-order valence-electron chi connectivity index (χ2n) is 6.01. The molecule has 0 fully saturated rings. The molecule has 136 valence electrons. The molecule has 1 aromatic heterocycles. The number of pyridine rings is 1. The van der Waals surface area contributed by atoms with Crippen LogP contribution in [0.5, 0.6) is 5.75 Å². The molecule has 26 heavy (non-hydrogen) atoms. The minimum absolute atomic E-state index is 0.282.